The SMILES string of the molecule is COC(=O)CC(CC(=O)OC)OC(=O)OCc1ccccc1C. The molecule has 1 aromatic rings. The molecule has 0 saturated heterocycles. The molecular weight excluding hydrogens is 304 g/mol. The van der Waals surface area contributed by atoms with Crippen molar-refractivity contribution < 1.29 is 33.3 Å². The summed E-state index contributed by atoms with van der Waals surface area (Å²) in [5.41, 5.74) is 1.81. The molecule has 0 radical (unpaired) electrons. The van der Waals surface area contributed by atoms with E-state index in [-0.39, 0.29) is 19.4 Å². The Morgan fingerprint density at radius 2 is 1.57 bits per heavy atom. The van der Waals surface area contributed by atoms with Gasteiger partial charge in [-0.05, 0) is 18.1 Å². The molecule has 0 aliphatic carbocycles. The summed E-state index contributed by atoms with van der Waals surface area (Å²) in [4.78, 5) is 34.3. The molecule has 0 heterocycles. The summed E-state index contributed by atoms with van der Waals surface area (Å²) >= 11 is 0. The van der Waals surface area contributed by atoms with Crippen LogP contribution in [-0.2, 0) is 35.1 Å². The van der Waals surface area contributed by atoms with E-state index in [0.29, 0.717) is 0 Å². The molecule has 0 fully saturated rings. The molecule has 0 aromatic heterocycles. The molecule has 0 amide bonds. The van der Waals surface area contributed by atoms with Gasteiger partial charge in [-0.25, -0.2) is 4.79 Å². The van der Waals surface area contributed by atoms with E-state index in [0.717, 1.165) is 11.1 Å². The number of aryl methyl sites for hydroxylation is 1. The second kappa shape index (κ2) is 9.45. The highest BCUT2D eigenvalue weighted by Gasteiger charge is 2.23. The highest BCUT2D eigenvalue weighted by molar-refractivity contribution is 5.74. The summed E-state index contributed by atoms with van der Waals surface area (Å²) in [7, 11) is 2.40. The fraction of sp³-hybridized carbons (Fsp3) is 0.438. The van der Waals surface area contributed by atoms with Crippen molar-refractivity contribution in [2.45, 2.75) is 32.5 Å². The minimum Gasteiger partial charge on any atom is -0.469 e. The maximum Gasteiger partial charge on any atom is 0.508 e. The van der Waals surface area contributed by atoms with Crippen LogP contribution in [0.1, 0.15) is 24.0 Å². The summed E-state index contributed by atoms with van der Waals surface area (Å²) in [5, 5.41) is 0. The Balaban J connectivity index is 2.56. The Morgan fingerprint density at radius 3 is 2.09 bits per heavy atom. The van der Waals surface area contributed by atoms with Crippen LogP contribution in [0.3, 0.4) is 0 Å². The van der Waals surface area contributed by atoms with Crippen molar-refractivity contribution in [2.24, 2.45) is 0 Å². The van der Waals surface area contributed by atoms with Crippen LogP contribution in [0.15, 0.2) is 24.3 Å². The van der Waals surface area contributed by atoms with Crippen LogP contribution in [0, 0.1) is 6.92 Å². The number of ether oxygens (including phenoxy) is 4. The van der Waals surface area contributed by atoms with Gasteiger partial charge in [-0.15, -0.1) is 0 Å². The first-order valence-corrected chi connectivity index (χ1v) is 6.97. The lowest BCUT2D eigenvalue weighted by atomic mass is 10.1. The van der Waals surface area contributed by atoms with Gasteiger partial charge in [-0.1, -0.05) is 24.3 Å². The number of rotatable bonds is 7. The van der Waals surface area contributed by atoms with Crippen molar-refractivity contribution in [3.63, 3.8) is 0 Å². The van der Waals surface area contributed by atoms with E-state index >= 15 is 0 Å². The summed E-state index contributed by atoms with van der Waals surface area (Å²) in [6.45, 7) is 1.93. The van der Waals surface area contributed by atoms with Gasteiger partial charge < -0.3 is 18.9 Å². The Kier molecular flexibility index (Phi) is 7.59. The fourth-order valence-electron chi connectivity index (χ4n) is 1.77. The first-order chi connectivity index (χ1) is 11.0. The zero-order valence-electron chi connectivity index (χ0n) is 13.4. The quantitative estimate of drug-likeness (QED) is 0.561. The minimum absolute atomic E-state index is 0.0364. The first kappa shape index (κ1) is 18.5. The van der Waals surface area contributed by atoms with Gasteiger partial charge in [0.15, 0.2) is 0 Å². The molecular formula is C16H20O7. The Bertz CT molecular complexity index is 535. The van der Waals surface area contributed by atoms with Crippen LogP contribution < -0.4 is 0 Å². The maximum absolute atomic E-state index is 11.7. The second-order valence-corrected chi connectivity index (χ2v) is 4.77. The summed E-state index contributed by atoms with van der Waals surface area (Å²) in [6.07, 6.45) is -2.49. The molecule has 0 spiro atoms. The molecule has 126 valence electrons. The van der Waals surface area contributed by atoms with Crippen LogP contribution in [-0.4, -0.2) is 38.4 Å². The van der Waals surface area contributed by atoms with Gasteiger partial charge in [0.05, 0.1) is 27.1 Å². The van der Waals surface area contributed by atoms with E-state index in [1.807, 2.05) is 31.2 Å². The van der Waals surface area contributed by atoms with E-state index in [2.05, 4.69) is 9.47 Å². The molecule has 0 atom stereocenters. The lowest BCUT2D eigenvalue weighted by molar-refractivity contribution is -0.147. The van der Waals surface area contributed by atoms with Crippen molar-refractivity contribution >= 4 is 18.1 Å². The second-order valence-electron chi connectivity index (χ2n) is 4.77. The van der Waals surface area contributed by atoms with Crippen LogP contribution in [0.2, 0.25) is 0 Å². The van der Waals surface area contributed by atoms with Crippen molar-refractivity contribution in [2.75, 3.05) is 14.2 Å². The van der Waals surface area contributed by atoms with Crippen LogP contribution in [0.25, 0.3) is 0 Å². The third kappa shape index (κ3) is 6.82. The standard InChI is InChI=1S/C16H20O7/c1-11-6-4-5-7-12(11)10-22-16(19)23-13(8-14(17)20-2)9-15(18)21-3/h4-7,13H,8-10H2,1-3H3. The van der Waals surface area contributed by atoms with Crippen molar-refractivity contribution in [3.05, 3.63) is 35.4 Å². The van der Waals surface area contributed by atoms with Crippen molar-refractivity contribution in [1.29, 1.82) is 0 Å². The van der Waals surface area contributed by atoms with E-state index in [9.17, 15) is 14.4 Å². The maximum atomic E-state index is 11.7. The topological polar surface area (TPSA) is 88.1 Å². The van der Waals surface area contributed by atoms with Gasteiger partial charge in [0.1, 0.15) is 12.7 Å². The number of hydrogen-bond acceptors (Lipinski definition) is 7. The minimum atomic E-state index is -1.00. The average Bonchev–Trinajstić information content (AvgIpc) is 2.53. The van der Waals surface area contributed by atoms with Crippen LogP contribution >= 0.6 is 0 Å². The first-order valence-electron chi connectivity index (χ1n) is 6.97. The molecule has 7 heteroatoms. The molecule has 0 unspecified atom stereocenters. The van der Waals surface area contributed by atoms with Gasteiger partial charge in [-0.3, -0.25) is 9.59 Å². The van der Waals surface area contributed by atoms with Gasteiger partial charge >= 0.3 is 18.1 Å². The number of benzene rings is 1. The van der Waals surface area contributed by atoms with Crippen molar-refractivity contribution in [3.8, 4) is 0 Å². The predicted octanol–water partition coefficient (Wildman–Crippen LogP) is 2.14. The summed E-state index contributed by atoms with van der Waals surface area (Å²) in [6, 6.07) is 7.42. The monoisotopic (exact) mass is 324 g/mol. The highest BCUT2D eigenvalue weighted by atomic mass is 16.7. The third-order valence-electron chi connectivity index (χ3n) is 3.11. The average molecular weight is 324 g/mol. The number of hydrogen-bond donors (Lipinski definition) is 0. The van der Waals surface area contributed by atoms with Gasteiger partial charge in [0.25, 0.3) is 0 Å². The highest BCUT2D eigenvalue weighted by Crippen LogP contribution is 2.12. The van der Waals surface area contributed by atoms with Crippen LogP contribution in [0.5, 0.6) is 0 Å². The van der Waals surface area contributed by atoms with E-state index in [1.165, 1.54) is 14.2 Å². The van der Waals surface area contributed by atoms with Gasteiger partial charge in [0.2, 0.25) is 0 Å². The predicted molar refractivity (Wildman–Crippen MR) is 79.5 cm³/mol. The van der Waals surface area contributed by atoms with Gasteiger partial charge in [-0.2, -0.15) is 0 Å². The third-order valence-corrected chi connectivity index (χ3v) is 3.11. The molecule has 7 nitrogen and oxygen atoms in total. The zero-order chi connectivity index (χ0) is 17.2. The molecule has 0 N–H and O–H groups in total. The Hall–Kier alpha value is -2.57. The molecule has 0 aliphatic heterocycles. The zero-order valence-corrected chi connectivity index (χ0v) is 13.4. The summed E-state index contributed by atoms with van der Waals surface area (Å²) < 4.78 is 19.0. The number of carbonyl (C=O) groups excluding carboxylic acids is 3. The number of carbonyl (C=O) groups is 3. The molecule has 0 saturated carbocycles. The number of methoxy groups -OCH3 is 2. The molecule has 1 aromatic carbocycles. The summed E-state index contributed by atoms with van der Waals surface area (Å²) in [5.74, 6) is -1.21. The Morgan fingerprint density at radius 1 is 1.00 bits per heavy atom. The van der Waals surface area contributed by atoms with Crippen molar-refractivity contribution in [1.82, 2.24) is 0 Å². The Labute approximate surface area is 134 Å². The van der Waals surface area contributed by atoms with E-state index in [1.54, 1.807) is 0 Å². The van der Waals surface area contributed by atoms with Gasteiger partial charge in [0, 0.05) is 0 Å². The lowest BCUT2D eigenvalue weighted by Crippen LogP contribution is -2.26. The smallest absolute Gasteiger partial charge is 0.469 e. The normalized spacial score (nSPS) is 10.1. The van der Waals surface area contributed by atoms with E-state index < -0.39 is 24.2 Å². The fourth-order valence-corrected chi connectivity index (χ4v) is 1.77. The lowest BCUT2D eigenvalue weighted by Gasteiger charge is -2.16. The molecule has 23 heavy (non-hydrogen) atoms. The van der Waals surface area contributed by atoms with E-state index in [4.69, 9.17) is 9.47 Å². The number of esters is 2. The molecule has 0 bridgehead atoms. The molecule has 0 aliphatic rings. The molecule has 1 rings (SSSR count). The largest absolute Gasteiger partial charge is 0.508 e. The van der Waals surface area contributed by atoms with Crippen LogP contribution in [0.4, 0.5) is 4.79 Å².